The van der Waals surface area contributed by atoms with E-state index in [1.165, 1.54) is 25.3 Å². The van der Waals surface area contributed by atoms with Crippen LogP contribution in [0.25, 0.3) is 33.4 Å². The monoisotopic (exact) mass is 475 g/mol. The predicted octanol–water partition coefficient (Wildman–Crippen LogP) is 5.54. The topological polar surface area (TPSA) is 63.2 Å². The van der Waals surface area contributed by atoms with E-state index in [9.17, 15) is 8.78 Å². The second kappa shape index (κ2) is 10.3. The molecule has 35 heavy (non-hydrogen) atoms. The van der Waals surface area contributed by atoms with Gasteiger partial charge in [-0.15, -0.1) is 0 Å². The molecule has 0 spiro atoms. The number of rotatable bonds is 7. The summed E-state index contributed by atoms with van der Waals surface area (Å²) in [6.45, 7) is 3.47. The first kappa shape index (κ1) is 23.1. The highest BCUT2D eigenvalue weighted by atomic mass is 19.2. The van der Waals surface area contributed by atoms with Crippen LogP contribution in [0.4, 0.5) is 14.6 Å². The zero-order valence-electron chi connectivity index (χ0n) is 19.6. The minimum atomic E-state index is -0.896. The molecular formula is C27H27F2N5O. The van der Waals surface area contributed by atoms with Crippen LogP contribution in [0.15, 0.2) is 54.9 Å². The summed E-state index contributed by atoms with van der Waals surface area (Å²) < 4.78 is 33.9. The number of nitrogens with zero attached hydrogens (tertiary/aromatic N) is 4. The molecule has 0 amide bonds. The van der Waals surface area contributed by atoms with E-state index in [-0.39, 0.29) is 0 Å². The van der Waals surface area contributed by atoms with Gasteiger partial charge in [0.25, 0.3) is 0 Å². The lowest BCUT2D eigenvalue weighted by atomic mass is 10.0. The Balaban J connectivity index is 1.59. The number of aromatic nitrogens is 3. The fourth-order valence-electron chi connectivity index (χ4n) is 4.44. The minimum Gasteiger partial charge on any atom is -0.490 e. The second-order valence-corrected chi connectivity index (χ2v) is 8.64. The maximum absolute atomic E-state index is 14.0. The molecule has 0 radical (unpaired) electrons. The van der Waals surface area contributed by atoms with Gasteiger partial charge in [0.05, 0.1) is 0 Å². The van der Waals surface area contributed by atoms with Crippen molar-refractivity contribution in [2.75, 3.05) is 38.6 Å². The summed E-state index contributed by atoms with van der Waals surface area (Å²) in [5.74, 6) is -0.0704. The Morgan fingerprint density at radius 3 is 2.54 bits per heavy atom. The summed E-state index contributed by atoms with van der Waals surface area (Å²) in [6, 6.07) is 11.3. The molecule has 0 unspecified atom stereocenters. The molecule has 8 heteroatoms. The highest BCUT2D eigenvalue weighted by Crippen LogP contribution is 2.36. The van der Waals surface area contributed by atoms with Gasteiger partial charge in [-0.2, -0.15) is 0 Å². The molecule has 1 aliphatic heterocycles. The molecule has 0 aliphatic carbocycles. The third kappa shape index (κ3) is 5.07. The van der Waals surface area contributed by atoms with Crippen LogP contribution in [-0.4, -0.2) is 53.1 Å². The molecule has 2 aromatic heterocycles. The van der Waals surface area contributed by atoms with Crippen LogP contribution in [0.5, 0.6) is 5.75 Å². The maximum Gasteiger partial charge on any atom is 0.163 e. The van der Waals surface area contributed by atoms with Gasteiger partial charge in [0.1, 0.15) is 23.7 Å². The molecule has 0 atom stereocenters. The fraction of sp³-hybridized carbons (Fsp3) is 0.296. The minimum absolute atomic E-state index is 0.497. The van der Waals surface area contributed by atoms with E-state index < -0.39 is 11.6 Å². The number of hydrogen-bond acceptors (Lipinski definition) is 6. The van der Waals surface area contributed by atoms with Gasteiger partial charge in [-0.1, -0.05) is 12.5 Å². The lowest BCUT2D eigenvalue weighted by Gasteiger charge is -2.26. The number of hydrogen-bond donors (Lipinski definition) is 1. The van der Waals surface area contributed by atoms with Crippen molar-refractivity contribution in [2.45, 2.75) is 19.3 Å². The van der Waals surface area contributed by atoms with E-state index in [4.69, 9.17) is 14.7 Å². The highest BCUT2D eigenvalue weighted by molar-refractivity contribution is 5.97. The third-order valence-electron chi connectivity index (χ3n) is 6.29. The van der Waals surface area contributed by atoms with E-state index in [2.05, 4.69) is 15.2 Å². The normalized spacial score (nSPS) is 14.3. The van der Waals surface area contributed by atoms with Gasteiger partial charge in [-0.3, -0.25) is 9.88 Å². The quantitative estimate of drug-likeness (QED) is 0.379. The molecule has 5 rings (SSSR count). The molecule has 1 N–H and O–H groups in total. The van der Waals surface area contributed by atoms with Gasteiger partial charge in [0.2, 0.25) is 0 Å². The first-order chi connectivity index (χ1) is 17.1. The van der Waals surface area contributed by atoms with Gasteiger partial charge in [-0.25, -0.2) is 18.7 Å². The lowest BCUT2D eigenvalue weighted by Crippen LogP contribution is -2.33. The number of ether oxygens (including phenoxy) is 1. The number of likely N-dealkylation sites (tertiary alicyclic amines) is 1. The summed E-state index contributed by atoms with van der Waals surface area (Å²) in [4.78, 5) is 16.1. The summed E-state index contributed by atoms with van der Waals surface area (Å²) in [7, 11) is 1.79. The van der Waals surface area contributed by atoms with Crippen molar-refractivity contribution < 1.29 is 13.5 Å². The summed E-state index contributed by atoms with van der Waals surface area (Å²) in [5, 5.41) is 3.88. The van der Waals surface area contributed by atoms with Crippen LogP contribution in [-0.2, 0) is 0 Å². The second-order valence-electron chi connectivity index (χ2n) is 8.64. The summed E-state index contributed by atoms with van der Waals surface area (Å²) in [6.07, 6.45) is 7.11. The average molecular weight is 476 g/mol. The predicted molar refractivity (Wildman–Crippen MR) is 133 cm³/mol. The SMILES string of the molecule is CNc1nc(-c2cccnc2)nc2c(OCCN3CCCCC3)cc(-c3ccc(F)c(F)c3)cc12. The molecule has 6 nitrogen and oxygen atoms in total. The van der Waals surface area contributed by atoms with Crippen LogP contribution in [0.2, 0.25) is 0 Å². The van der Waals surface area contributed by atoms with Crippen molar-refractivity contribution in [3.05, 3.63) is 66.5 Å². The van der Waals surface area contributed by atoms with Crippen molar-refractivity contribution in [3.8, 4) is 28.3 Å². The zero-order chi connectivity index (χ0) is 24.2. The highest BCUT2D eigenvalue weighted by Gasteiger charge is 2.17. The van der Waals surface area contributed by atoms with Gasteiger partial charge in [-0.05, 0) is 73.5 Å². The summed E-state index contributed by atoms with van der Waals surface area (Å²) in [5.41, 5.74) is 2.67. The van der Waals surface area contributed by atoms with Gasteiger partial charge >= 0.3 is 0 Å². The third-order valence-corrected chi connectivity index (χ3v) is 6.29. The molecule has 0 bridgehead atoms. The van der Waals surface area contributed by atoms with Gasteiger partial charge < -0.3 is 10.1 Å². The molecule has 1 saturated heterocycles. The van der Waals surface area contributed by atoms with E-state index >= 15 is 0 Å². The molecule has 3 heterocycles. The summed E-state index contributed by atoms with van der Waals surface area (Å²) >= 11 is 0. The Kier molecular flexibility index (Phi) is 6.81. The molecule has 180 valence electrons. The number of fused-ring (bicyclic) bond motifs is 1. The average Bonchev–Trinajstić information content (AvgIpc) is 2.90. The number of benzene rings is 2. The van der Waals surface area contributed by atoms with Gasteiger partial charge in [0, 0.05) is 36.9 Å². The van der Waals surface area contributed by atoms with Crippen molar-refractivity contribution in [1.82, 2.24) is 19.9 Å². The number of halogens is 2. The van der Waals surface area contributed by atoms with Crippen molar-refractivity contribution >= 4 is 16.7 Å². The Morgan fingerprint density at radius 2 is 1.80 bits per heavy atom. The van der Waals surface area contributed by atoms with Gasteiger partial charge in [0.15, 0.2) is 17.5 Å². The molecule has 4 aromatic rings. The van der Waals surface area contributed by atoms with Crippen LogP contribution in [0, 0.1) is 11.6 Å². The van der Waals surface area contributed by atoms with Crippen LogP contribution < -0.4 is 10.1 Å². The number of anilines is 1. The number of pyridine rings is 1. The standard InChI is InChI=1S/C27H27F2N5O/c1-30-27-21-14-20(18-7-8-22(28)23(29)15-18)16-24(35-13-12-34-10-3-2-4-11-34)25(21)32-26(33-27)19-6-5-9-31-17-19/h5-9,14-17H,2-4,10-13H2,1H3,(H,30,32,33). The molecule has 1 fully saturated rings. The lowest BCUT2D eigenvalue weighted by molar-refractivity contribution is 0.184. The first-order valence-electron chi connectivity index (χ1n) is 11.9. The Bertz CT molecular complexity index is 1330. The Morgan fingerprint density at radius 1 is 0.943 bits per heavy atom. The molecule has 0 saturated carbocycles. The molecule has 1 aliphatic rings. The zero-order valence-corrected chi connectivity index (χ0v) is 19.6. The largest absolute Gasteiger partial charge is 0.490 e. The van der Waals surface area contributed by atoms with E-state index in [1.807, 2.05) is 24.3 Å². The number of nitrogens with one attached hydrogen (secondary N) is 1. The van der Waals surface area contributed by atoms with Crippen molar-refractivity contribution in [3.63, 3.8) is 0 Å². The fourth-order valence-corrected chi connectivity index (χ4v) is 4.44. The molecular weight excluding hydrogens is 448 g/mol. The van der Waals surface area contributed by atoms with E-state index in [1.54, 1.807) is 25.5 Å². The van der Waals surface area contributed by atoms with Crippen molar-refractivity contribution in [2.24, 2.45) is 0 Å². The van der Waals surface area contributed by atoms with Crippen LogP contribution in [0.3, 0.4) is 0 Å². The van der Waals surface area contributed by atoms with Crippen LogP contribution >= 0.6 is 0 Å². The first-order valence-corrected chi connectivity index (χ1v) is 11.9. The smallest absolute Gasteiger partial charge is 0.163 e. The van der Waals surface area contributed by atoms with E-state index in [0.29, 0.717) is 40.6 Å². The van der Waals surface area contributed by atoms with Crippen molar-refractivity contribution in [1.29, 1.82) is 0 Å². The maximum atomic E-state index is 14.0. The molecule has 2 aromatic carbocycles. The number of piperidine rings is 1. The van der Waals surface area contributed by atoms with E-state index in [0.717, 1.165) is 36.7 Å². The van der Waals surface area contributed by atoms with Crippen LogP contribution in [0.1, 0.15) is 19.3 Å². The Labute approximate surface area is 203 Å². The Hall–Kier alpha value is -3.65.